The van der Waals surface area contributed by atoms with Gasteiger partial charge in [-0.3, -0.25) is 9.59 Å². The maximum atomic E-state index is 11.7. The quantitative estimate of drug-likeness (QED) is 0.108. The maximum Gasteiger partial charge on any atom is 0.305 e. The van der Waals surface area contributed by atoms with Crippen LogP contribution in [-0.2, 0) is 19.1 Å². The second-order valence-corrected chi connectivity index (χ2v) is 9.57. The predicted molar refractivity (Wildman–Crippen MR) is 135 cm³/mol. The molecule has 0 saturated carbocycles. The fraction of sp³-hybridized carbons (Fsp3) is 0.929. The molecule has 0 aliphatic heterocycles. The summed E-state index contributed by atoms with van der Waals surface area (Å²) in [6, 6.07) is 0. The van der Waals surface area contributed by atoms with Crippen molar-refractivity contribution in [2.75, 3.05) is 13.2 Å². The minimum atomic E-state index is -0.212. The molecule has 0 radical (unpaired) electrons. The molecule has 4 heteroatoms. The number of hydrogen-bond donors (Lipinski definition) is 0. The molecule has 0 aliphatic carbocycles. The molecular weight excluding hydrogens is 400 g/mol. The molecule has 190 valence electrons. The van der Waals surface area contributed by atoms with Gasteiger partial charge in [0.15, 0.2) is 0 Å². The zero-order valence-corrected chi connectivity index (χ0v) is 21.8. The topological polar surface area (TPSA) is 52.6 Å². The molecule has 0 amide bonds. The van der Waals surface area contributed by atoms with Crippen LogP contribution < -0.4 is 0 Å². The van der Waals surface area contributed by atoms with Gasteiger partial charge in [0.05, 0.1) is 13.2 Å². The fourth-order valence-electron chi connectivity index (χ4n) is 3.71. The molecule has 32 heavy (non-hydrogen) atoms. The highest BCUT2D eigenvalue weighted by atomic mass is 16.5. The minimum absolute atomic E-state index is 0.194. The summed E-state index contributed by atoms with van der Waals surface area (Å²) in [5.41, 5.74) is 0. The third kappa shape index (κ3) is 23.6. The Morgan fingerprint density at radius 1 is 0.562 bits per heavy atom. The van der Waals surface area contributed by atoms with Gasteiger partial charge in [-0.15, -0.1) is 0 Å². The molecule has 0 aromatic rings. The van der Waals surface area contributed by atoms with Crippen molar-refractivity contribution in [3.63, 3.8) is 0 Å². The standard InChI is InChI=1S/C28H54O4/c1-4-6-7-8-9-10-11-12-13-14-15-16-17-18-19-20-24-31-27(29)22-21-23-28(30)32-25-26(3)5-2/h26H,4-25H2,1-3H3. The zero-order chi connectivity index (χ0) is 23.7. The van der Waals surface area contributed by atoms with Gasteiger partial charge < -0.3 is 9.47 Å². The lowest BCUT2D eigenvalue weighted by atomic mass is 10.0. The van der Waals surface area contributed by atoms with E-state index in [1.807, 2.05) is 0 Å². The Kier molecular flexibility index (Phi) is 23.8. The van der Waals surface area contributed by atoms with Crippen LogP contribution in [0.15, 0.2) is 0 Å². The van der Waals surface area contributed by atoms with Crippen molar-refractivity contribution >= 4 is 11.9 Å². The molecule has 0 bridgehead atoms. The van der Waals surface area contributed by atoms with Gasteiger partial charge in [-0.05, 0) is 18.8 Å². The Morgan fingerprint density at radius 3 is 1.41 bits per heavy atom. The first-order valence-electron chi connectivity index (χ1n) is 13.9. The van der Waals surface area contributed by atoms with Crippen LogP contribution in [0.25, 0.3) is 0 Å². The smallest absolute Gasteiger partial charge is 0.305 e. The normalized spacial score (nSPS) is 12.0. The summed E-state index contributed by atoms with van der Waals surface area (Å²) in [6.45, 7) is 7.39. The fourth-order valence-corrected chi connectivity index (χ4v) is 3.71. The second kappa shape index (κ2) is 24.6. The number of esters is 2. The van der Waals surface area contributed by atoms with E-state index >= 15 is 0 Å². The van der Waals surface area contributed by atoms with Crippen molar-refractivity contribution in [1.82, 2.24) is 0 Å². The SMILES string of the molecule is CCCCCCCCCCCCCCCCCCOC(=O)CCCC(=O)OCC(C)CC. The molecule has 0 rings (SSSR count). The molecule has 0 aromatic heterocycles. The summed E-state index contributed by atoms with van der Waals surface area (Å²) >= 11 is 0. The number of carbonyl (C=O) groups excluding carboxylic acids is 2. The van der Waals surface area contributed by atoms with Crippen LogP contribution >= 0.6 is 0 Å². The molecule has 0 aliphatic rings. The van der Waals surface area contributed by atoms with E-state index in [0.717, 1.165) is 19.3 Å². The van der Waals surface area contributed by atoms with E-state index in [1.54, 1.807) is 0 Å². The third-order valence-electron chi connectivity index (χ3n) is 6.25. The monoisotopic (exact) mass is 454 g/mol. The van der Waals surface area contributed by atoms with E-state index in [1.165, 1.54) is 89.9 Å². The van der Waals surface area contributed by atoms with Crippen molar-refractivity contribution in [2.24, 2.45) is 5.92 Å². The highest BCUT2D eigenvalue weighted by molar-refractivity contribution is 5.72. The molecule has 1 unspecified atom stereocenters. The summed E-state index contributed by atoms with van der Waals surface area (Å²) in [4.78, 5) is 23.3. The Bertz CT molecular complexity index is 422. The Labute approximate surface area is 199 Å². The van der Waals surface area contributed by atoms with Crippen molar-refractivity contribution in [2.45, 2.75) is 149 Å². The molecule has 0 N–H and O–H groups in total. The number of unbranched alkanes of at least 4 members (excludes halogenated alkanes) is 15. The molecule has 0 saturated heterocycles. The van der Waals surface area contributed by atoms with Gasteiger partial charge in [0.25, 0.3) is 0 Å². The average molecular weight is 455 g/mol. The number of rotatable bonds is 24. The highest BCUT2D eigenvalue weighted by Gasteiger charge is 2.08. The van der Waals surface area contributed by atoms with Gasteiger partial charge >= 0.3 is 11.9 Å². The molecule has 4 nitrogen and oxygen atoms in total. The van der Waals surface area contributed by atoms with Crippen molar-refractivity contribution in [1.29, 1.82) is 0 Å². The minimum Gasteiger partial charge on any atom is -0.466 e. The zero-order valence-electron chi connectivity index (χ0n) is 21.8. The van der Waals surface area contributed by atoms with Crippen LogP contribution in [0.4, 0.5) is 0 Å². The molecule has 1 atom stereocenters. The van der Waals surface area contributed by atoms with E-state index in [0.29, 0.717) is 38.4 Å². The van der Waals surface area contributed by atoms with Crippen LogP contribution in [0, 0.1) is 5.92 Å². The van der Waals surface area contributed by atoms with E-state index in [-0.39, 0.29) is 11.9 Å². The average Bonchev–Trinajstić information content (AvgIpc) is 2.79. The van der Waals surface area contributed by atoms with Crippen LogP contribution in [-0.4, -0.2) is 25.2 Å². The van der Waals surface area contributed by atoms with Crippen LogP contribution in [0.3, 0.4) is 0 Å². The molecule has 0 spiro atoms. The van der Waals surface area contributed by atoms with E-state index in [4.69, 9.17) is 9.47 Å². The molecule has 0 aromatic carbocycles. The number of hydrogen-bond acceptors (Lipinski definition) is 4. The van der Waals surface area contributed by atoms with Crippen LogP contribution in [0.1, 0.15) is 149 Å². The molecule has 0 fully saturated rings. The predicted octanol–water partition coefficient (Wildman–Crippen LogP) is 8.55. The summed E-state index contributed by atoms with van der Waals surface area (Å²) in [5.74, 6) is -0.0137. The number of ether oxygens (including phenoxy) is 2. The van der Waals surface area contributed by atoms with Crippen molar-refractivity contribution < 1.29 is 19.1 Å². The van der Waals surface area contributed by atoms with Gasteiger partial charge in [-0.25, -0.2) is 0 Å². The highest BCUT2D eigenvalue weighted by Crippen LogP contribution is 2.14. The van der Waals surface area contributed by atoms with Gasteiger partial charge in [0.2, 0.25) is 0 Å². The Balaban J connectivity index is 3.25. The Morgan fingerprint density at radius 2 is 0.969 bits per heavy atom. The van der Waals surface area contributed by atoms with Gasteiger partial charge in [0.1, 0.15) is 0 Å². The van der Waals surface area contributed by atoms with Crippen LogP contribution in [0.5, 0.6) is 0 Å². The van der Waals surface area contributed by atoms with Crippen LogP contribution in [0.2, 0.25) is 0 Å². The molecular formula is C28H54O4. The van der Waals surface area contributed by atoms with Gasteiger partial charge in [0, 0.05) is 12.8 Å². The molecule has 0 heterocycles. The Hall–Kier alpha value is -1.06. The van der Waals surface area contributed by atoms with E-state index in [2.05, 4.69) is 20.8 Å². The summed E-state index contributed by atoms with van der Waals surface area (Å²) in [6.07, 6.45) is 23.5. The van der Waals surface area contributed by atoms with Gasteiger partial charge in [-0.1, -0.05) is 124 Å². The lowest BCUT2D eigenvalue weighted by Gasteiger charge is -2.09. The lowest BCUT2D eigenvalue weighted by molar-refractivity contribution is -0.146. The van der Waals surface area contributed by atoms with E-state index < -0.39 is 0 Å². The second-order valence-electron chi connectivity index (χ2n) is 9.57. The van der Waals surface area contributed by atoms with Crippen molar-refractivity contribution in [3.05, 3.63) is 0 Å². The summed E-state index contributed by atoms with van der Waals surface area (Å²) < 4.78 is 10.5. The number of carbonyl (C=O) groups is 2. The summed E-state index contributed by atoms with van der Waals surface area (Å²) in [5, 5.41) is 0. The first-order valence-corrected chi connectivity index (χ1v) is 13.9. The lowest BCUT2D eigenvalue weighted by Crippen LogP contribution is -2.12. The summed E-state index contributed by atoms with van der Waals surface area (Å²) in [7, 11) is 0. The maximum absolute atomic E-state index is 11.7. The van der Waals surface area contributed by atoms with Crippen molar-refractivity contribution in [3.8, 4) is 0 Å². The largest absolute Gasteiger partial charge is 0.466 e. The first-order chi connectivity index (χ1) is 15.6. The third-order valence-corrected chi connectivity index (χ3v) is 6.25. The first kappa shape index (κ1) is 30.9. The van der Waals surface area contributed by atoms with E-state index in [9.17, 15) is 9.59 Å². The van der Waals surface area contributed by atoms with Gasteiger partial charge in [-0.2, -0.15) is 0 Å².